The zero-order chi connectivity index (χ0) is 103. The van der Waals surface area contributed by atoms with Crippen molar-refractivity contribution in [3.8, 4) is 0 Å². The minimum Gasteiger partial charge on any atom is -0.458 e. The molecule has 0 aromatic rings. The van der Waals surface area contributed by atoms with Crippen LogP contribution in [0.25, 0.3) is 0 Å². The van der Waals surface area contributed by atoms with E-state index in [4.69, 9.17) is 85.3 Å². The molecule has 0 bridgehead atoms. The first-order chi connectivity index (χ1) is 65.7. The molecule has 8 aliphatic heterocycles. The van der Waals surface area contributed by atoms with Crippen LogP contribution in [0.15, 0.2) is 60.3 Å². The van der Waals surface area contributed by atoms with Crippen molar-refractivity contribution in [2.24, 2.45) is 50.2 Å². The van der Waals surface area contributed by atoms with E-state index >= 15 is 9.59 Å². The lowest BCUT2D eigenvalue weighted by Crippen LogP contribution is -2.70. The zero-order valence-corrected chi connectivity index (χ0v) is 80.2. The van der Waals surface area contributed by atoms with Gasteiger partial charge in [-0.15, -0.1) is 13.2 Å². The van der Waals surface area contributed by atoms with Crippen LogP contribution in [0.1, 0.15) is 146 Å². The maximum Gasteiger partial charge on any atom is 0.336 e. The van der Waals surface area contributed by atoms with Crippen molar-refractivity contribution in [2.75, 3.05) is 59.5 Å². The van der Waals surface area contributed by atoms with Crippen LogP contribution in [0.5, 0.6) is 0 Å². The number of esters is 3. The van der Waals surface area contributed by atoms with Gasteiger partial charge in [0.2, 0.25) is 6.29 Å². The Bertz CT molecular complexity index is 4270. The zero-order valence-electron chi connectivity index (χ0n) is 80.2. The summed E-state index contributed by atoms with van der Waals surface area (Å²) < 4.78 is 109. The molecule has 140 heavy (non-hydrogen) atoms. The molecule has 5 aliphatic carbocycles. The summed E-state index contributed by atoms with van der Waals surface area (Å²) in [6, 6.07) is 0. The van der Waals surface area contributed by atoms with Crippen LogP contribution in [0.2, 0.25) is 0 Å². The standard InChI is InChI=1S/C94H148O46/c1-13-89(8,122)23-15-17-41(31-96)77(120)134-72-46(102)37-124-79(69(72)117)140-90(9,14-2)24-16-18-40(30-95)76(119)132-55-29-94(86(121)139-85-75(64(112)59(107)48(33-98)130-85)138-83-70(118)73(136-82-68(116)62(110)58(106)47(32-97)128-82)71(39(3)127-83)135-81-66(114)60(108)49(34-99)129-81)43(27-87(55,4)5)42-19-20-52-91(10)25-22-54(88(6,7)51(91)21-26-92(52,11)93(42,12)28-53(94)103)133-80-67(115)63(111)61(109)50(131-80)38-126-84-74(57(105)45(101)36-125-84)137-78-65(113)56(104)44(100)35-123-78/h13-14,17-19,39,43-75,78-85,95-118,122H,1-2,15-16,20-38H2,3-12H3. The van der Waals surface area contributed by atoms with Gasteiger partial charge >= 0.3 is 17.9 Å². The van der Waals surface area contributed by atoms with Crippen molar-refractivity contribution in [2.45, 2.75) is 397 Å². The third-order valence-electron chi connectivity index (χ3n) is 32.9. The molecule has 46 heteroatoms. The molecule has 800 valence electrons. The molecule has 48 unspecified atom stereocenters. The van der Waals surface area contributed by atoms with E-state index in [1.54, 1.807) is 20.8 Å². The number of ether oxygens (including phenoxy) is 18. The van der Waals surface area contributed by atoms with Crippen LogP contribution in [-0.2, 0) is 99.6 Å². The second-order valence-corrected chi connectivity index (χ2v) is 42.5. The normalized spacial score (nSPS) is 48.0. The van der Waals surface area contributed by atoms with Crippen molar-refractivity contribution >= 4 is 17.9 Å². The van der Waals surface area contributed by atoms with E-state index in [0.717, 1.165) is 0 Å². The highest BCUT2D eigenvalue weighted by Crippen LogP contribution is 2.76. The Morgan fingerprint density at radius 3 is 1.54 bits per heavy atom. The first kappa shape index (κ1) is 113. The van der Waals surface area contributed by atoms with Gasteiger partial charge in [-0.05, 0) is 131 Å². The second kappa shape index (κ2) is 44.7. The Morgan fingerprint density at radius 1 is 0.457 bits per heavy atom. The van der Waals surface area contributed by atoms with Crippen LogP contribution in [0, 0.1) is 50.2 Å². The Morgan fingerprint density at radius 2 is 0.943 bits per heavy atom. The molecule has 8 heterocycles. The number of carbonyl (C=O) groups excluding carboxylic acids is 3. The lowest BCUT2D eigenvalue weighted by molar-refractivity contribution is -0.390. The fourth-order valence-electron chi connectivity index (χ4n) is 23.8. The number of hydrogen-bond acceptors (Lipinski definition) is 46. The Balaban J connectivity index is 0.780. The maximum atomic E-state index is 16.8. The number of hydrogen-bond donors (Lipinski definition) is 25. The number of allylic oxidation sites excluding steroid dienone is 4. The van der Waals surface area contributed by atoms with Crippen molar-refractivity contribution in [1.29, 1.82) is 0 Å². The average Bonchev–Trinajstić information content (AvgIpc) is 0.696. The number of carbonyl (C=O) groups is 3. The van der Waals surface area contributed by atoms with E-state index < -0.39 is 373 Å². The van der Waals surface area contributed by atoms with E-state index in [0.29, 0.717) is 37.7 Å². The number of fused-ring (bicyclic) bond motifs is 7. The van der Waals surface area contributed by atoms with Gasteiger partial charge in [0.15, 0.2) is 56.2 Å². The summed E-state index contributed by atoms with van der Waals surface area (Å²) >= 11 is 0. The smallest absolute Gasteiger partial charge is 0.336 e. The van der Waals surface area contributed by atoms with E-state index in [2.05, 4.69) is 33.1 Å². The van der Waals surface area contributed by atoms with Crippen LogP contribution in [0.3, 0.4) is 0 Å². The molecule has 0 amide bonds. The number of aliphatic hydroxyl groups is 25. The van der Waals surface area contributed by atoms with Gasteiger partial charge in [0, 0.05) is 11.8 Å². The van der Waals surface area contributed by atoms with Crippen molar-refractivity contribution in [3.05, 3.63) is 60.3 Å². The lowest BCUT2D eigenvalue weighted by atomic mass is 9.33. The van der Waals surface area contributed by atoms with Gasteiger partial charge in [-0.2, -0.15) is 0 Å². The summed E-state index contributed by atoms with van der Waals surface area (Å²) in [6.45, 7) is 19.3. The highest BCUT2D eigenvalue weighted by Gasteiger charge is 2.74. The molecule has 4 saturated carbocycles. The van der Waals surface area contributed by atoms with Gasteiger partial charge in [-0.25, -0.2) is 9.59 Å². The minimum absolute atomic E-state index is 0.0605. The molecule has 48 atom stereocenters. The molecule has 8 saturated heterocycles. The lowest BCUT2D eigenvalue weighted by Gasteiger charge is -2.72. The van der Waals surface area contributed by atoms with Crippen molar-refractivity contribution in [1.82, 2.24) is 0 Å². The number of aliphatic hydroxyl groups excluding tert-OH is 24. The fraction of sp³-hybridized carbons (Fsp3) is 0.862. The summed E-state index contributed by atoms with van der Waals surface area (Å²) in [5.74, 6) is -4.89. The molecule has 0 radical (unpaired) electrons. The van der Waals surface area contributed by atoms with Crippen molar-refractivity contribution < 1.29 is 227 Å². The van der Waals surface area contributed by atoms with Crippen LogP contribution in [0.4, 0.5) is 0 Å². The Labute approximate surface area is 809 Å². The van der Waals surface area contributed by atoms with Gasteiger partial charge in [-0.3, -0.25) is 4.79 Å². The Kier molecular flexibility index (Phi) is 36.0. The van der Waals surface area contributed by atoms with Crippen LogP contribution >= 0.6 is 0 Å². The molecular formula is C94H148O46. The molecule has 25 N–H and O–H groups in total. The molecule has 46 nitrogen and oxygen atoms in total. The van der Waals surface area contributed by atoms with Gasteiger partial charge in [0.25, 0.3) is 0 Å². The van der Waals surface area contributed by atoms with E-state index in [9.17, 15) is 132 Å². The van der Waals surface area contributed by atoms with Crippen molar-refractivity contribution in [3.63, 3.8) is 0 Å². The third-order valence-corrected chi connectivity index (χ3v) is 32.9. The van der Waals surface area contributed by atoms with Gasteiger partial charge in [-0.1, -0.05) is 84.4 Å². The van der Waals surface area contributed by atoms with Crippen LogP contribution in [-0.4, -0.2) is 456 Å². The minimum atomic E-state index is -2.29. The first-order valence-corrected chi connectivity index (χ1v) is 48.1. The number of rotatable bonds is 34. The Hall–Kier alpha value is -4.49. The molecule has 0 spiro atoms. The molecule has 13 rings (SSSR count). The summed E-state index contributed by atoms with van der Waals surface area (Å²) in [5.41, 5.74) is -9.13. The van der Waals surface area contributed by atoms with Gasteiger partial charge in [0.05, 0.1) is 100 Å². The topological polar surface area (TPSA) is 723 Å². The predicted molar refractivity (Wildman–Crippen MR) is 469 cm³/mol. The molecule has 12 fully saturated rings. The van der Waals surface area contributed by atoms with Gasteiger partial charge in [0.1, 0.15) is 164 Å². The monoisotopic (exact) mass is 2010 g/mol. The summed E-state index contributed by atoms with van der Waals surface area (Å²) in [6.07, 6.45) is -60.1. The maximum absolute atomic E-state index is 16.8. The molecule has 0 aromatic heterocycles. The summed E-state index contributed by atoms with van der Waals surface area (Å²) in [5, 5.41) is 278. The highest BCUT2D eigenvalue weighted by atomic mass is 16.8. The molecule has 13 aliphatic rings. The van der Waals surface area contributed by atoms with Gasteiger partial charge < -0.3 is 213 Å². The highest BCUT2D eigenvalue weighted by molar-refractivity contribution is 5.89. The predicted octanol–water partition coefficient (Wildman–Crippen LogP) is -6.84. The third kappa shape index (κ3) is 21.9. The first-order valence-electron chi connectivity index (χ1n) is 48.1. The van der Waals surface area contributed by atoms with E-state index in [1.807, 2.05) is 20.8 Å². The SMILES string of the molecule is C=CC(C)(O)CCC=C(CO)C(=O)OC1C(O)COC(OC(C)(C=C)CCC=C(CO)C(=O)OC2CC3(C(=O)OC4OC(CO)C(O)C(O)C4OC4OC(C)C(OC5OC(CO)C(O)C5O)C(OC5OC(CO)C(O)C(O)C5O)C4O)C(O)CC4(C)C(=CCC5C6(C)CCC(OC7OC(COC8OCC(O)C(O)C8OC8OCC(O)C(O)C8O)C(O)C(O)C7O)C(C)(C)C6CCC54C)C3CC2(C)C)C1O. The van der Waals surface area contributed by atoms with E-state index in [-0.39, 0.29) is 61.5 Å². The summed E-state index contributed by atoms with van der Waals surface area (Å²) in [7, 11) is 0. The summed E-state index contributed by atoms with van der Waals surface area (Å²) in [4.78, 5) is 45.3. The average molecular weight is 2010 g/mol. The van der Waals surface area contributed by atoms with Crippen LogP contribution < -0.4 is 0 Å². The molecule has 0 aromatic carbocycles. The quantitative estimate of drug-likeness (QED) is 0.00936. The molecular weight excluding hydrogens is 1860 g/mol. The fourth-order valence-corrected chi connectivity index (χ4v) is 23.8. The van der Waals surface area contributed by atoms with E-state index in [1.165, 1.54) is 38.2 Å². The largest absolute Gasteiger partial charge is 0.458 e. The second-order valence-electron chi connectivity index (χ2n) is 42.5.